The van der Waals surface area contributed by atoms with Crippen LogP contribution in [0.1, 0.15) is 12.0 Å². The van der Waals surface area contributed by atoms with Gasteiger partial charge >= 0.3 is 5.97 Å². The number of ether oxygens (including phenoxy) is 1. The van der Waals surface area contributed by atoms with Gasteiger partial charge in [-0.15, -0.1) is 0 Å². The smallest absolute Gasteiger partial charge is 0.330 e. The van der Waals surface area contributed by atoms with Crippen LogP contribution < -0.4 is 11.1 Å². The second-order valence-electron chi connectivity index (χ2n) is 4.37. The van der Waals surface area contributed by atoms with Crippen molar-refractivity contribution >= 4 is 11.9 Å². The van der Waals surface area contributed by atoms with Crippen LogP contribution >= 0.6 is 0 Å². The largest absolute Gasteiger partial charge is 0.458 e. The standard InChI is InChI=1S/C14H16N2O3/c15-13-11(16-14(13)18)7-4-8-12(17)19-9-10-5-2-1-3-6-10/h1-6,8,11,13H,7,9,15H2,(H,16,18)/b8-4+/t11-,13-/m1/s1. The number of β-lactam (4-membered cyclic amide) rings is 1. The molecule has 1 aliphatic heterocycles. The first-order valence-corrected chi connectivity index (χ1v) is 6.10. The third-order valence-electron chi connectivity index (χ3n) is 2.93. The van der Waals surface area contributed by atoms with E-state index in [4.69, 9.17) is 10.5 Å². The van der Waals surface area contributed by atoms with Crippen LogP contribution in [-0.2, 0) is 20.9 Å². The zero-order valence-electron chi connectivity index (χ0n) is 10.4. The first-order valence-electron chi connectivity index (χ1n) is 6.10. The molecule has 1 heterocycles. The predicted octanol–water partition coefficient (Wildman–Crippen LogP) is 0.502. The lowest BCUT2D eigenvalue weighted by molar-refractivity contribution is -0.139. The third kappa shape index (κ3) is 3.66. The van der Waals surface area contributed by atoms with Gasteiger partial charge in [0.15, 0.2) is 0 Å². The lowest BCUT2D eigenvalue weighted by atomic mass is 9.97. The molecule has 100 valence electrons. The Hall–Kier alpha value is -2.14. The summed E-state index contributed by atoms with van der Waals surface area (Å²) in [7, 11) is 0. The summed E-state index contributed by atoms with van der Waals surface area (Å²) in [5.74, 6) is -0.548. The summed E-state index contributed by atoms with van der Waals surface area (Å²) in [6.45, 7) is 0.254. The molecule has 5 nitrogen and oxygen atoms in total. The molecule has 2 rings (SSSR count). The Labute approximate surface area is 111 Å². The van der Waals surface area contributed by atoms with E-state index in [9.17, 15) is 9.59 Å². The van der Waals surface area contributed by atoms with Crippen molar-refractivity contribution in [3.63, 3.8) is 0 Å². The molecule has 3 N–H and O–H groups in total. The quantitative estimate of drug-likeness (QED) is 0.459. The molecule has 0 radical (unpaired) electrons. The Morgan fingerprint density at radius 3 is 2.74 bits per heavy atom. The van der Waals surface area contributed by atoms with Gasteiger partial charge in [0.05, 0.1) is 6.04 Å². The minimum atomic E-state index is -0.468. The average molecular weight is 260 g/mol. The molecule has 2 atom stereocenters. The summed E-state index contributed by atoms with van der Waals surface area (Å²) < 4.78 is 5.07. The van der Waals surface area contributed by atoms with Gasteiger partial charge < -0.3 is 15.8 Å². The number of rotatable bonds is 5. The number of benzene rings is 1. The fourth-order valence-corrected chi connectivity index (χ4v) is 1.75. The summed E-state index contributed by atoms with van der Waals surface area (Å²) >= 11 is 0. The van der Waals surface area contributed by atoms with Gasteiger partial charge in [-0.05, 0) is 12.0 Å². The Morgan fingerprint density at radius 1 is 1.37 bits per heavy atom. The van der Waals surface area contributed by atoms with Crippen molar-refractivity contribution in [3.05, 3.63) is 48.0 Å². The topological polar surface area (TPSA) is 81.4 Å². The summed E-state index contributed by atoms with van der Waals surface area (Å²) in [5.41, 5.74) is 6.50. The van der Waals surface area contributed by atoms with Crippen LogP contribution in [0.15, 0.2) is 42.5 Å². The summed E-state index contributed by atoms with van der Waals surface area (Å²) in [4.78, 5) is 22.3. The number of carbonyl (C=O) groups excluding carboxylic acids is 2. The number of hydrogen-bond acceptors (Lipinski definition) is 4. The second kappa shape index (κ2) is 6.15. The highest BCUT2D eigenvalue weighted by Gasteiger charge is 2.34. The van der Waals surface area contributed by atoms with Crippen LogP contribution in [0.5, 0.6) is 0 Å². The number of nitrogens with one attached hydrogen (secondary N) is 1. The van der Waals surface area contributed by atoms with Gasteiger partial charge in [-0.3, -0.25) is 4.79 Å². The molecule has 1 fully saturated rings. The molecule has 1 aromatic rings. The molecule has 1 amide bonds. The number of hydrogen-bond donors (Lipinski definition) is 2. The molecule has 0 aliphatic carbocycles. The first-order chi connectivity index (χ1) is 9.16. The molecule has 0 unspecified atom stereocenters. The zero-order chi connectivity index (χ0) is 13.7. The van der Waals surface area contributed by atoms with Crippen molar-refractivity contribution in [2.24, 2.45) is 5.73 Å². The molecule has 5 heteroatoms. The molecule has 0 saturated carbocycles. The Morgan fingerprint density at radius 2 is 2.11 bits per heavy atom. The van der Waals surface area contributed by atoms with Gasteiger partial charge in [0.2, 0.25) is 5.91 Å². The van der Waals surface area contributed by atoms with Gasteiger partial charge in [-0.2, -0.15) is 0 Å². The minimum absolute atomic E-state index is 0.0781. The van der Waals surface area contributed by atoms with Crippen LogP contribution in [0, 0.1) is 0 Å². The van der Waals surface area contributed by atoms with Gasteiger partial charge in [-0.1, -0.05) is 36.4 Å². The van der Waals surface area contributed by atoms with Gasteiger partial charge in [-0.25, -0.2) is 4.79 Å². The van der Waals surface area contributed by atoms with E-state index in [0.29, 0.717) is 6.42 Å². The van der Waals surface area contributed by atoms with Gasteiger partial charge in [0.1, 0.15) is 12.6 Å². The van der Waals surface area contributed by atoms with E-state index in [1.165, 1.54) is 6.08 Å². The van der Waals surface area contributed by atoms with E-state index in [1.807, 2.05) is 30.3 Å². The van der Waals surface area contributed by atoms with Crippen molar-refractivity contribution in [1.82, 2.24) is 5.32 Å². The fraction of sp³-hybridized carbons (Fsp3) is 0.286. The monoisotopic (exact) mass is 260 g/mol. The maximum absolute atomic E-state index is 11.4. The van der Waals surface area contributed by atoms with Crippen LogP contribution in [0.2, 0.25) is 0 Å². The molecule has 1 saturated heterocycles. The summed E-state index contributed by atoms with van der Waals surface area (Å²) in [5, 5.41) is 2.66. The van der Waals surface area contributed by atoms with Crippen molar-refractivity contribution in [2.45, 2.75) is 25.1 Å². The number of esters is 1. The first kappa shape index (κ1) is 13.3. The molecule has 0 bridgehead atoms. The molecular weight excluding hydrogens is 244 g/mol. The lowest BCUT2D eigenvalue weighted by Crippen LogP contribution is -2.66. The zero-order valence-corrected chi connectivity index (χ0v) is 10.4. The SMILES string of the molecule is N[C@H]1C(=O)N[C@@H]1C/C=C/C(=O)OCc1ccccc1. The van der Waals surface area contributed by atoms with Crippen LogP contribution in [0.4, 0.5) is 0 Å². The Kier molecular flexibility index (Phi) is 4.30. The Bertz CT molecular complexity index is 485. The van der Waals surface area contributed by atoms with E-state index in [1.54, 1.807) is 6.08 Å². The number of carbonyl (C=O) groups is 2. The van der Waals surface area contributed by atoms with Gasteiger partial charge in [0.25, 0.3) is 0 Å². The van der Waals surface area contributed by atoms with E-state index in [-0.39, 0.29) is 18.6 Å². The van der Waals surface area contributed by atoms with Crippen molar-refractivity contribution in [1.29, 1.82) is 0 Å². The molecule has 0 spiro atoms. The van der Waals surface area contributed by atoms with Crippen molar-refractivity contribution in [2.75, 3.05) is 0 Å². The van der Waals surface area contributed by atoms with Crippen LogP contribution in [0.25, 0.3) is 0 Å². The normalized spacial score (nSPS) is 21.8. The molecule has 1 aliphatic rings. The summed E-state index contributed by atoms with van der Waals surface area (Å²) in [6.07, 6.45) is 3.56. The third-order valence-corrected chi connectivity index (χ3v) is 2.93. The fourth-order valence-electron chi connectivity index (χ4n) is 1.75. The van der Waals surface area contributed by atoms with Crippen molar-refractivity contribution in [3.8, 4) is 0 Å². The van der Waals surface area contributed by atoms with Crippen molar-refractivity contribution < 1.29 is 14.3 Å². The lowest BCUT2D eigenvalue weighted by Gasteiger charge is -2.33. The second-order valence-corrected chi connectivity index (χ2v) is 4.37. The van der Waals surface area contributed by atoms with E-state index < -0.39 is 12.0 Å². The van der Waals surface area contributed by atoms with Gasteiger partial charge in [0, 0.05) is 6.08 Å². The highest BCUT2D eigenvalue weighted by molar-refractivity contribution is 5.89. The Balaban J connectivity index is 1.68. The predicted molar refractivity (Wildman–Crippen MR) is 69.9 cm³/mol. The minimum Gasteiger partial charge on any atom is -0.458 e. The molecule has 0 aromatic heterocycles. The van der Waals surface area contributed by atoms with E-state index in [2.05, 4.69) is 5.32 Å². The molecule has 19 heavy (non-hydrogen) atoms. The highest BCUT2D eigenvalue weighted by Crippen LogP contribution is 2.08. The number of nitrogens with two attached hydrogens (primary N) is 1. The maximum atomic E-state index is 11.4. The maximum Gasteiger partial charge on any atom is 0.330 e. The van der Waals surface area contributed by atoms with E-state index >= 15 is 0 Å². The molecule has 1 aromatic carbocycles. The van der Waals surface area contributed by atoms with Crippen LogP contribution in [-0.4, -0.2) is 24.0 Å². The van der Waals surface area contributed by atoms with E-state index in [0.717, 1.165) is 5.56 Å². The highest BCUT2D eigenvalue weighted by atomic mass is 16.5. The van der Waals surface area contributed by atoms with Crippen LogP contribution in [0.3, 0.4) is 0 Å². The molecular formula is C14H16N2O3. The number of amides is 1. The average Bonchev–Trinajstić information content (AvgIpc) is 2.45. The summed E-state index contributed by atoms with van der Waals surface area (Å²) in [6, 6.07) is 8.91.